The van der Waals surface area contributed by atoms with Gasteiger partial charge in [0.15, 0.2) is 11.5 Å². The normalized spacial score (nSPS) is 10.6. The van der Waals surface area contributed by atoms with Crippen molar-refractivity contribution in [3.8, 4) is 5.82 Å². The highest BCUT2D eigenvalue weighted by Gasteiger charge is 2.20. The lowest BCUT2D eigenvalue weighted by Gasteiger charge is -2.01. The smallest absolute Gasteiger partial charge is 0.360 e. The van der Waals surface area contributed by atoms with Crippen molar-refractivity contribution < 1.29 is 13.9 Å². The van der Waals surface area contributed by atoms with Crippen LogP contribution in [0.25, 0.3) is 5.82 Å². The summed E-state index contributed by atoms with van der Waals surface area (Å²) in [6.07, 6.45) is 2.71. The first kappa shape index (κ1) is 16.8. The predicted molar refractivity (Wildman–Crippen MR) is 88.9 cm³/mol. The maximum atomic E-state index is 13.0. The van der Waals surface area contributed by atoms with Crippen molar-refractivity contribution in [2.45, 2.75) is 19.8 Å². The molecule has 6 nitrogen and oxygen atoms in total. The molecule has 0 atom stereocenters. The summed E-state index contributed by atoms with van der Waals surface area (Å²) in [5.74, 6) is -0.281. The number of benzene rings is 1. The zero-order chi connectivity index (χ0) is 17.6. The van der Waals surface area contributed by atoms with E-state index >= 15 is 0 Å². The van der Waals surface area contributed by atoms with Crippen molar-refractivity contribution in [3.63, 3.8) is 0 Å². The van der Waals surface area contributed by atoms with Crippen LogP contribution in [0.3, 0.4) is 0 Å². The first-order valence-corrected chi connectivity index (χ1v) is 7.96. The predicted octanol–water partition coefficient (Wildman–Crippen LogP) is 2.76. The second-order valence-electron chi connectivity index (χ2n) is 5.32. The van der Waals surface area contributed by atoms with Crippen molar-refractivity contribution in [2.24, 2.45) is 0 Å². The fourth-order valence-electron chi connectivity index (χ4n) is 2.35. The molecule has 0 saturated heterocycles. The number of hydrogen-bond acceptors (Lipinski definition) is 5. The number of rotatable bonds is 6. The van der Waals surface area contributed by atoms with Gasteiger partial charge in [-0.1, -0.05) is 18.2 Å². The van der Waals surface area contributed by atoms with Crippen LogP contribution in [0.1, 0.15) is 28.7 Å². The van der Waals surface area contributed by atoms with Crippen LogP contribution in [0.15, 0.2) is 48.7 Å². The Balaban J connectivity index is 1.86. The van der Waals surface area contributed by atoms with Gasteiger partial charge in [-0.25, -0.2) is 14.2 Å². The molecule has 3 rings (SSSR count). The monoisotopic (exact) mass is 340 g/mol. The molecule has 0 fully saturated rings. The Labute approximate surface area is 144 Å². The Morgan fingerprint density at radius 2 is 1.92 bits per heavy atom. The molecule has 0 N–H and O–H groups in total. The third-order valence-corrected chi connectivity index (χ3v) is 3.57. The summed E-state index contributed by atoms with van der Waals surface area (Å²) in [5, 5.41) is 8.62. The number of ether oxygens (including phenoxy) is 1. The van der Waals surface area contributed by atoms with Gasteiger partial charge in [0.25, 0.3) is 0 Å². The Bertz CT molecular complexity index is 847. The largest absolute Gasteiger partial charge is 0.461 e. The third kappa shape index (κ3) is 4.06. The number of aryl methyl sites for hydroxylation is 2. The van der Waals surface area contributed by atoms with E-state index < -0.39 is 5.97 Å². The summed E-state index contributed by atoms with van der Waals surface area (Å²) in [6.45, 7) is 1.99. The van der Waals surface area contributed by atoms with Gasteiger partial charge < -0.3 is 4.74 Å². The van der Waals surface area contributed by atoms with Gasteiger partial charge in [0.1, 0.15) is 5.82 Å². The summed E-state index contributed by atoms with van der Waals surface area (Å²) in [4.78, 5) is 17.7. The van der Waals surface area contributed by atoms with Crippen LogP contribution in [0, 0.1) is 5.82 Å². The topological polar surface area (TPSA) is 69.9 Å². The molecule has 0 bridgehead atoms. The van der Waals surface area contributed by atoms with Gasteiger partial charge in [-0.15, -0.1) is 9.90 Å². The molecule has 2 aromatic heterocycles. The molecule has 3 aromatic rings. The molecule has 25 heavy (non-hydrogen) atoms. The average Bonchev–Trinajstić information content (AvgIpc) is 3.07. The lowest BCUT2D eigenvalue weighted by Crippen LogP contribution is -2.09. The lowest BCUT2D eigenvalue weighted by atomic mass is 10.1. The van der Waals surface area contributed by atoms with Crippen LogP contribution in [0.2, 0.25) is 0 Å². The first-order valence-electron chi connectivity index (χ1n) is 7.96. The van der Waals surface area contributed by atoms with E-state index in [1.54, 1.807) is 37.4 Å². The maximum absolute atomic E-state index is 13.0. The van der Waals surface area contributed by atoms with Crippen molar-refractivity contribution in [1.29, 1.82) is 0 Å². The molecule has 0 amide bonds. The maximum Gasteiger partial charge on any atom is 0.360 e. The van der Waals surface area contributed by atoms with Crippen LogP contribution in [-0.2, 0) is 17.6 Å². The molecule has 0 saturated carbocycles. The number of nitrogens with zero attached hydrogens (tertiary/aromatic N) is 4. The van der Waals surface area contributed by atoms with Crippen molar-refractivity contribution in [1.82, 2.24) is 20.0 Å². The van der Waals surface area contributed by atoms with Gasteiger partial charge in [-0.05, 0) is 49.6 Å². The van der Waals surface area contributed by atoms with Gasteiger partial charge in [-0.3, -0.25) is 0 Å². The number of pyridine rings is 1. The van der Waals surface area contributed by atoms with E-state index in [4.69, 9.17) is 4.74 Å². The van der Waals surface area contributed by atoms with Crippen molar-refractivity contribution in [2.75, 3.05) is 6.61 Å². The summed E-state index contributed by atoms with van der Waals surface area (Å²) in [7, 11) is 0. The number of carbonyl (C=O) groups excluding carboxylic acids is 1. The molecular weight excluding hydrogens is 323 g/mol. The average molecular weight is 340 g/mol. The van der Waals surface area contributed by atoms with Gasteiger partial charge >= 0.3 is 5.97 Å². The van der Waals surface area contributed by atoms with E-state index in [-0.39, 0.29) is 18.1 Å². The van der Waals surface area contributed by atoms with Gasteiger partial charge in [-0.2, -0.15) is 5.10 Å². The Hall–Kier alpha value is -3.09. The molecule has 0 radical (unpaired) electrons. The molecule has 0 aliphatic rings. The van der Waals surface area contributed by atoms with Crippen molar-refractivity contribution >= 4 is 5.97 Å². The second kappa shape index (κ2) is 7.65. The minimum Gasteiger partial charge on any atom is -0.461 e. The number of esters is 1. The van der Waals surface area contributed by atoms with Crippen LogP contribution < -0.4 is 0 Å². The molecule has 2 heterocycles. The summed E-state index contributed by atoms with van der Waals surface area (Å²) < 4.78 is 18.1. The van der Waals surface area contributed by atoms with E-state index in [1.807, 2.05) is 6.07 Å². The summed E-state index contributed by atoms with van der Waals surface area (Å²) >= 11 is 0. The van der Waals surface area contributed by atoms with E-state index in [0.717, 1.165) is 5.56 Å². The fraction of sp³-hybridized carbons (Fsp3) is 0.222. The summed E-state index contributed by atoms with van der Waals surface area (Å²) in [5.41, 5.74) is 1.65. The van der Waals surface area contributed by atoms with E-state index in [1.165, 1.54) is 16.9 Å². The molecule has 0 aliphatic heterocycles. The minimum atomic E-state index is -0.515. The zero-order valence-electron chi connectivity index (χ0n) is 13.7. The van der Waals surface area contributed by atoms with E-state index in [2.05, 4.69) is 15.2 Å². The molecule has 128 valence electrons. The highest BCUT2D eigenvalue weighted by molar-refractivity contribution is 5.88. The molecule has 1 aromatic carbocycles. The SMILES string of the molecule is CCOC(=O)c1nn(-c2ccccn2)nc1CCc1ccc(F)cc1. The fourth-order valence-corrected chi connectivity index (χ4v) is 2.35. The zero-order valence-corrected chi connectivity index (χ0v) is 13.7. The Kier molecular flexibility index (Phi) is 5.13. The quantitative estimate of drug-likeness (QED) is 0.645. The number of aromatic nitrogens is 4. The molecule has 0 unspecified atom stereocenters. The Morgan fingerprint density at radius 3 is 2.60 bits per heavy atom. The van der Waals surface area contributed by atoms with E-state index in [0.29, 0.717) is 24.4 Å². The molecule has 7 heteroatoms. The number of hydrogen-bond donors (Lipinski definition) is 0. The minimum absolute atomic E-state index is 0.176. The second-order valence-corrected chi connectivity index (χ2v) is 5.32. The lowest BCUT2D eigenvalue weighted by molar-refractivity contribution is 0.0517. The van der Waals surface area contributed by atoms with Crippen LogP contribution in [0.5, 0.6) is 0 Å². The molecular formula is C18H17FN4O2. The number of halogens is 1. The highest BCUT2D eigenvalue weighted by atomic mass is 19.1. The van der Waals surface area contributed by atoms with Gasteiger partial charge in [0.2, 0.25) is 0 Å². The summed E-state index contributed by atoms with van der Waals surface area (Å²) in [6, 6.07) is 11.6. The van der Waals surface area contributed by atoms with Gasteiger partial charge in [0.05, 0.1) is 12.3 Å². The van der Waals surface area contributed by atoms with E-state index in [9.17, 15) is 9.18 Å². The van der Waals surface area contributed by atoms with Crippen LogP contribution in [-0.4, -0.2) is 32.6 Å². The third-order valence-electron chi connectivity index (χ3n) is 3.57. The Morgan fingerprint density at radius 1 is 1.12 bits per heavy atom. The molecule has 0 aliphatic carbocycles. The number of carbonyl (C=O) groups is 1. The first-order chi connectivity index (χ1) is 12.2. The molecule has 0 spiro atoms. The van der Waals surface area contributed by atoms with Crippen LogP contribution in [0.4, 0.5) is 4.39 Å². The van der Waals surface area contributed by atoms with Gasteiger partial charge in [0, 0.05) is 6.20 Å². The highest BCUT2D eigenvalue weighted by Crippen LogP contribution is 2.13. The standard InChI is InChI=1S/C18H17FN4O2/c1-2-25-18(24)17-15(11-8-13-6-9-14(19)10-7-13)21-23(22-17)16-5-3-4-12-20-16/h3-7,9-10,12H,2,8,11H2,1H3. The van der Waals surface area contributed by atoms with Crippen LogP contribution >= 0.6 is 0 Å². The van der Waals surface area contributed by atoms with Crippen molar-refractivity contribution in [3.05, 3.63) is 71.4 Å².